The molecule has 1 heteroatoms. The summed E-state index contributed by atoms with van der Waals surface area (Å²) in [6.07, 6.45) is 3.70. The third kappa shape index (κ3) is 4.73. The van der Waals surface area contributed by atoms with Crippen LogP contribution in [0.25, 0.3) is 0 Å². The minimum Gasteiger partial charge on any atom is -0.193 e. The van der Waals surface area contributed by atoms with Crippen LogP contribution in [0.2, 0.25) is 0 Å². The topological polar surface area (TPSA) is 23.8 Å². The van der Waals surface area contributed by atoms with E-state index in [9.17, 15) is 0 Å². The Balaban J connectivity index is 3.95. The molecule has 0 unspecified atom stereocenters. The van der Waals surface area contributed by atoms with Crippen molar-refractivity contribution in [2.24, 2.45) is 0 Å². The van der Waals surface area contributed by atoms with Crippen LogP contribution in [0.15, 0.2) is 22.8 Å². The first kappa shape index (κ1) is 11.0. The predicted molar refractivity (Wildman–Crippen MR) is 52.7 cm³/mol. The summed E-state index contributed by atoms with van der Waals surface area (Å²) in [7, 11) is 0. The Morgan fingerprint density at radius 2 is 1.75 bits per heavy atom. The maximum atomic E-state index is 8.37. The first-order valence-electron chi connectivity index (χ1n) is 4.26. The van der Waals surface area contributed by atoms with Gasteiger partial charge in [-0.25, -0.2) is 0 Å². The molecule has 0 bridgehead atoms. The molecule has 0 aromatic carbocycles. The molecule has 0 amide bonds. The number of nitrogens with zero attached hydrogens (tertiary/aromatic N) is 1. The van der Waals surface area contributed by atoms with E-state index in [1.165, 1.54) is 11.1 Å². The highest BCUT2D eigenvalue weighted by Crippen LogP contribution is 2.13. The number of rotatable bonds is 3. The molecule has 0 saturated carbocycles. The van der Waals surface area contributed by atoms with Gasteiger partial charge in [-0.15, -0.1) is 0 Å². The quantitative estimate of drug-likeness (QED) is 0.460. The van der Waals surface area contributed by atoms with Gasteiger partial charge in [-0.05, 0) is 40.5 Å². The molecule has 0 aromatic heterocycles. The van der Waals surface area contributed by atoms with E-state index in [0.29, 0.717) is 0 Å². The maximum absolute atomic E-state index is 8.37. The molecule has 0 saturated heterocycles. The van der Waals surface area contributed by atoms with Crippen molar-refractivity contribution in [3.05, 3.63) is 22.8 Å². The van der Waals surface area contributed by atoms with Crippen LogP contribution >= 0.6 is 0 Å². The van der Waals surface area contributed by atoms with E-state index in [-0.39, 0.29) is 0 Å². The summed E-state index contributed by atoms with van der Waals surface area (Å²) in [5.74, 6) is 0. The molecule has 0 aliphatic rings. The molecule has 1 nitrogen and oxygen atoms in total. The highest BCUT2D eigenvalue weighted by Gasteiger charge is 1.94. The van der Waals surface area contributed by atoms with Gasteiger partial charge in [0.2, 0.25) is 0 Å². The fourth-order valence-electron chi connectivity index (χ4n) is 0.817. The van der Waals surface area contributed by atoms with Crippen molar-refractivity contribution >= 4 is 0 Å². The Bertz CT molecular complexity index is 234. The van der Waals surface area contributed by atoms with Crippen molar-refractivity contribution in [1.82, 2.24) is 0 Å². The Kier molecular flexibility index (Phi) is 5.12. The van der Waals surface area contributed by atoms with Gasteiger partial charge in [-0.1, -0.05) is 16.7 Å². The van der Waals surface area contributed by atoms with Gasteiger partial charge in [0, 0.05) is 6.08 Å². The Labute approximate surface area is 75.4 Å². The second kappa shape index (κ2) is 5.60. The van der Waals surface area contributed by atoms with E-state index in [2.05, 4.69) is 20.8 Å². The molecule has 0 fully saturated rings. The highest BCUT2D eigenvalue weighted by molar-refractivity contribution is 5.14. The van der Waals surface area contributed by atoms with Crippen molar-refractivity contribution in [2.75, 3.05) is 0 Å². The molecule has 0 atom stereocenters. The van der Waals surface area contributed by atoms with Gasteiger partial charge in [0.05, 0.1) is 6.07 Å². The lowest BCUT2D eigenvalue weighted by molar-refractivity contribution is 0.908. The fourth-order valence-corrected chi connectivity index (χ4v) is 0.817. The van der Waals surface area contributed by atoms with Gasteiger partial charge >= 0.3 is 0 Å². The second-order valence-corrected chi connectivity index (χ2v) is 3.40. The van der Waals surface area contributed by atoms with Crippen molar-refractivity contribution in [2.45, 2.75) is 40.5 Å². The molecule has 0 aliphatic heterocycles. The monoisotopic (exact) mass is 163 g/mol. The van der Waals surface area contributed by atoms with E-state index in [1.807, 2.05) is 13.0 Å². The summed E-state index contributed by atoms with van der Waals surface area (Å²) < 4.78 is 0. The summed E-state index contributed by atoms with van der Waals surface area (Å²) in [5.41, 5.74) is 3.98. The van der Waals surface area contributed by atoms with Gasteiger partial charge < -0.3 is 0 Å². The van der Waals surface area contributed by atoms with Crippen molar-refractivity contribution in [3.8, 4) is 6.07 Å². The lowest BCUT2D eigenvalue weighted by Crippen LogP contribution is -1.83. The minimum absolute atomic E-state index is 1.00. The van der Waals surface area contributed by atoms with Crippen molar-refractivity contribution in [1.29, 1.82) is 5.26 Å². The average Bonchev–Trinajstić information content (AvgIpc) is 2.00. The molecule has 0 spiro atoms. The number of hydrogen-bond donors (Lipinski definition) is 0. The lowest BCUT2D eigenvalue weighted by Gasteiger charge is -2.02. The third-order valence-electron chi connectivity index (χ3n) is 2.06. The van der Waals surface area contributed by atoms with Crippen LogP contribution in [-0.4, -0.2) is 0 Å². The van der Waals surface area contributed by atoms with Gasteiger partial charge in [-0.3, -0.25) is 0 Å². The number of allylic oxidation sites excluding steroid dienone is 4. The van der Waals surface area contributed by atoms with Crippen LogP contribution in [0.1, 0.15) is 40.5 Å². The largest absolute Gasteiger partial charge is 0.193 e. The fraction of sp³-hybridized carbons (Fsp3) is 0.545. The molecular formula is C11H17N. The van der Waals surface area contributed by atoms with Crippen molar-refractivity contribution in [3.63, 3.8) is 0 Å². The molecule has 66 valence electrons. The molecule has 12 heavy (non-hydrogen) atoms. The van der Waals surface area contributed by atoms with E-state index in [4.69, 9.17) is 5.26 Å². The maximum Gasteiger partial charge on any atom is 0.0911 e. The molecule has 0 radical (unpaired) electrons. The van der Waals surface area contributed by atoms with Crippen LogP contribution < -0.4 is 0 Å². The van der Waals surface area contributed by atoms with Crippen LogP contribution in [0, 0.1) is 11.3 Å². The zero-order valence-electron chi connectivity index (χ0n) is 8.44. The summed E-state index contributed by atoms with van der Waals surface area (Å²) >= 11 is 0. The second-order valence-electron chi connectivity index (χ2n) is 3.40. The molecule has 0 rings (SSSR count). The highest BCUT2D eigenvalue weighted by atomic mass is 14.2. The number of hydrogen-bond acceptors (Lipinski definition) is 1. The SMILES string of the molecule is CC(C)=C(C)CC/C(C)=C\C#N. The van der Waals surface area contributed by atoms with Crippen LogP contribution in [-0.2, 0) is 0 Å². The zero-order valence-corrected chi connectivity index (χ0v) is 8.44. The van der Waals surface area contributed by atoms with Gasteiger partial charge in [0.25, 0.3) is 0 Å². The van der Waals surface area contributed by atoms with Gasteiger partial charge in [0.15, 0.2) is 0 Å². The molecule has 0 N–H and O–H groups in total. The average molecular weight is 163 g/mol. The Morgan fingerprint density at radius 1 is 1.17 bits per heavy atom. The Hall–Kier alpha value is -1.03. The number of nitriles is 1. The van der Waals surface area contributed by atoms with E-state index in [1.54, 1.807) is 6.08 Å². The van der Waals surface area contributed by atoms with Gasteiger partial charge in [0.1, 0.15) is 0 Å². The summed E-state index contributed by atoms with van der Waals surface area (Å²) in [6, 6.07) is 2.04. The molecule has 0 aliphatic carbocycles. The van der Waals surface area contributed by atoms with E-state index in [0.717, 1.165) is 18.4 Å². The predicted octanol–water partition coefficient (Wildman–Crippen LogP) is 3.59. The summed E-state index contributed by atoms with van der Waals surface area (Å²) in [4.78, 5) is 0. The smallest absolute Gasteiger partial charge is 0.0911 e. The summed E-state index contributed by atoms with van der Waals surface area (Å²) in [5, 5.41) is 8.37. The zero-order chi connectivity index (χ0) is 9.56. The Morgan fingerprint density at radius 3 is 2.17 bits per heavy atom. The third-order valence-corrected chi connectivity index (χ3v) is 2.06. The molecule has 0 aromatic rings. The first-order chi connectivity index (χ1) is 5.57. The van der Waals surface area contributed by atoms with E-state index >= 15 is 0 Å². The molecular weight excluding hydrogens is 146 g/mol. The minimum atomic E-state index is 1.00. The summed E-state index contributed by atoms with van der Waals surface area (Å²) in [6.45, 7) is 8.40. The van der Waals surface area contributed by atoms with Crippen LogP contribution in [0.3, 0.4) is 0 Å². The van der Waals surface area contributed by atoms with E-state index < -0.39 is 0 Å². The normalized spacial score (nSPS) is 10.8. The molecule has 0 heterocycles. The van der Waals surface area contributed by atoms with Crippen LogP contribution in [0.4, 0.5) is 0 Å². The van der Waals surface area contributed by atoms with Crippen LogP contribution in [0.5, 0.6) is 0 Å². The first-order valence-corrected chi connectivity index (χ1v) is 4.26. The van der Waals surface area contributed by atoms with Gasteiger partial charge in [-0.2, -0.15) is 5.26 Å². The standard InChI is InChI=1S/C11H17N/c1-9(2)11(4)6-5-10(3)7-8-12/h7H,5-6H2,1-4H3/b10-7-. The van der Waals surface area contributed by atoms with Crippen molar-refractivity contribution < 1.29 is 0 Å². The lowest BCUT2D eigenvalue weighted by atomic mass is 10.0.